The van der Waals surface area contributed by atoms with Gasteiger partial charge in [0, 0.05) is 31.7 Å². The summed E-state index contributed by atoms with van der Waals surface area (Å²) in [6.07, 6.45) is 3.52. The summed E-state index contributed by atoms with van der Waals surface area (Å²) in [5, 5.41) is 4.31. The molecule has 0 radical (unpaired) electrons. The molecule has 3 rings (SSSR count). The summed E-state index contributed by atoms with van der Waals surface area (Å²) in [6, 6.07) is -0.120. The second-order valence-corrected chi connectivity index (χ2v) is 7.77. The van der Waals surface area contributed by atoms with Crippen molar-refractivity contribution < 1.29 is 8.42 Å². The lowest BCUT2D eigenvalue weighted by molar-refractivity contribution is 0.421. The Bertz CT molecular complexity index is 834. The number of nitrogens with zero attached hydrogens (tertiary/aromatic N) is 4. The maximum Gasteiger partial charge on any atom is 0.244 e. The number of imidazole rings is 1. The molecule has 1 N–H and O–H groups in total. The molecular weight excluding hydrogens is 314 g/mol. The zero-order valence-electron chi connectivity index (χ0n) is 14.0. The van der Waals surface area contributed by atoms with E-state index in [2.05, 4.69) is 14.8 Å². The Labute approximate surface area is 136 Å². The maximum atomic E-state index is 12.8. The van der Waals surface area contributed by atoms with Crippen molar-refractivity contribution in [3.8, 4) is 0 Å². The van der Waals surface area contributed by atoms with Crippen molar-refractivity contribution in [2.75, 3.05) is 0 Å². The van der Waals surface area contributed by atoms with Gasteiger partial charge in [-0.15, -0.1) is 0 Å². The highest BCUT2D eigenvalue weighted by Crippen LogP contribution is 2.22. The Morgan fingerprint density at radius 2 is 2.09 bits per heavy atom. The molecule has 0 fully saturated rings. The first kappa shape index (κ1) is 16.2. The second-order valence-electron chi connectivity index (χ2n) is 6.12. The standard InChI is InChI=1S/C15H23N5O2S/c1-5-20-12(4)15(11(3)17-20)23(21,22)18-13-6-7-14-16-10(2)8-19(14)9-13/h8,13,18H,5-7,9H2,1-4H3. The van der Waals surface area contributed by atoms with Crippen LogP contribution in [-0.2, 0) is 29.5 Å². The van der Waals surface area contributed by atoms with Gasteiger partial charge < -0.3 is 4.57 Å². The molecule has 1 atom stereocenters. The Hall–Kier alpha value is -1.67. The molecule has 0 saturated heterocycles. The van der Waals surface area contributed by atoms with Crippen molar-refractivity contribution in [1.82, 2.24) is 24.1 Å². The average molecular weight is 337 g/mol. The fourth-order valence-electron chi connectivity index (χ4n) is 3.34. The molecule has 0 bridgehead atoms. The van der Waals surface area contributed by atoms with Crippen molar-refractivity contribution in [1.29, 1.82) is 0 Å². The molecule has 1 aliphatic heterocycles. The van der Waals surface area contributed by atoms with Crippen LogP contribution in [0.4, 0.5) is 0 Å². The maximum absolute atomic E-state index is 12.8. The third-order valence-electron chi connectivity index (χ3n) is 4.32. The van der Waals surface area contributed by atoms with Gasteiger partial charge >= 0.3 is 0 Å². The topological polar surface area (TPSA) is 81.8 Å². The predicted molar refractivity (Wildman–Crippen MR) is 86.8 cm³/mol. The zero-order chi connectivity index (χ0) is 16.8. The van der Waals surface area contributed by atoms with E-state index in [-0.39, 0.29) is 6.04 Å². The molecule has 1 unspecified atom stereocenters. The van der Waals surface area contributed by atoms with Crippen LogP contribution < -0.4 is 4.72 Å². The van der Waals surface area contributed by atoms with Crippen LogP contribution >= 0.6 is 0 Å². The molecule has 1 aliphatic rings. The van der Waals surface area contributed by atoms with Crippen molar-refractivity contribution in [2.45, 2.75) is 64.6 Å². The van der Waals surface area contributed by atoms with E-state index in [1.54, 1.807) is 18.5 Å². The van der Waals surface area contributed by atoms with Crippen molar-refractivity contribution >= 4 is 10.0 Å². The highest BCUT2D eigenvalue weighted by Gasteiger charge is 2.29. The van der Waals surface area contributed by atoms with Crippen LogP contribution in [0.25, 0.3) is 0 Å². The average Bonchev–Trinajstić information content (AvgIpc) is 2.96. The first-order valence-corrected chi connectivity index (χ1v) is 9.39. The number of hydrogen-bond donors (Lipinski definition) is 1. The van der Waals surface area contributed by atoms with Gasteiger partial charge in [-0.05, 0) is 34.1 Å². The third-order valence-corrected chi connectivity index (χ3v) is 6.09. The first-order chi connectivity index (χ1) is 10.8. The molecule has 0 aliphatic carbocycles. The lowest BCUT2D eigenvalue weighted by Crippen LogP contribution is -2.41. The molecule has 0 spiro atoms. The summed E-state index contributed by atoms with van der Waals surface area (Å²) < 4.78 is 32.2. The lowest BCUT2D eigenvalue weighted by Gasteiger charge is -2.24. The SMILES string of the molecule is CCn1nc(C)c(S(=O)(=O)NC2CCc3nc(C)cn3C2)c1C. The van der Waals surface area contributed by atoms with E-state index >= 15 is 0 Å². The second kappa shape index (κ2) is 5.76. The minimum atomic E-state index is -3.57. The molecule has 2 aromatic rings. The van der Waals surface area contributed by atoms with E-state index in [9.17, 15) is 8.42 Å². The van der Waals surface area contributed by atoms with E-state index < -0.39 is 10.0 Å². The number of fused-ring (bicyclic) bond motifs is 1. The highest BCUT2D eigenvalue weighted by atomic mass is 32.2. The van der Waals surface area contributed by atoms with Gasteiger partial charge in [-0.1, -0.05) is 0 Å². The fraction of sp³-hybridized carbons (Fsp3) is 0.600. The van der Waals surface area contributed by atoms with Crippen molar-refractivity contribution in [2.24, 2.45) is 0 Å². The van der Waals surface area contributed by atoms with Gasteiger partial charge in [-0.2, -0.15) is 5.10 Å². The Kier molecular flexibility index (Phi) is 4.05. The molecule has 0 amide bonds. The number of rotatable bonds is 4. The normalized spacial score (nSPS) is 18.2. The molecule has 8 heteroatoms. The largest absolute Gasteiger partial charge is 0.333 e. The predicted octanol–water partition coefficient (Wildman–Crippen LogP) is 1.32. The summed E-state index contributed by atoms with van der Waals surface area (Å²) in [6.45, 7) is 8.73. The van der Waals surface area contributed by atoms with Crippen molar-refractivity contribution in [3.05, 3.63) is 29.1 Å². The van der Waals surface area contributed by atoms with Crippen LogP contribution in [0.5, 0.6) is 0 Å². The molecule has 126 valence electrons. The number of aromatic nitrogens is 4. The summed E-state index contributed by atoms with van der Waals surface area (Å²) in [5.74, 6) is 1.03. The molecule has 0 aromatic carbocycles. The van der Waals surface area contributed by atoms with Gasteiger partial charge in [0.1, 0.15) is 10.7 Å². The zero-order valence-corrected chi connectivity index (χ0v) is 14.8. The fourth-order valence-corrected chi connectivity index (χ4v) is 5.01. The molecule has 2 aromatic heterocycles. The van der Waals surface area contributed by atoms with Gasteiger partial charge in [-0.3, -0.25) is 4.68 Å². The van der Waals surface area contributed by atoms with Gasteiger partial charge in [0.15, 0.2) is 0 Å². The van der Waals surface area contributed by atoms with E-state index in [1.807, 2.05) is 24.6 Å². The summed E-state index contributed by atoms with van der Waals surface area (Å²) in [4.78, 5) is 4.77. The van der Waals surface area contributed by atoms with E-state index in [0.717, 1.165) is 24.4 Å². The van der Waals surface area contributed by atoms with Crippen LogP contribution in [0, 0.1) is 20.8 Å². The Morgan fingerprint density at radius 3 is 2.74 bits per heavy atom. The third kappa shape index (κ3) is 2.92. The minimum Gasteiger partial charge on any atom is -0.333 e. The van der Waals surface area contributed by atoms with Crippen molar-refractivity contribution in [3.63, 3.8) is 0 Å². The van der Waals surface area contributed by atoms with E-state index in [4.69, 9.17) is 0 Å². The Balaban J connectivity index is 1.84. The van der Waals surface area contributed by atoms with Gasteiger partial charge in [0.25, 0.3) is 0 Å². The van der Waals surface area contributed by atoms with E-state index in [0.29, 0.717) is 29.4 Å². The Morgan fingerprint density at radius 1 is 1.35 bits per heavy atom. The molecule has 0 saturated carbocycles. The van der Waals surface area contributed by atoms with Crippen LogP contribution in [0.1, 0.15) is 36.3 Å². The smallest absolute Gasteiger partial charge is 0.244 e. The summed E-state index contributed by atoms with van der Waals surface area (Å²) in [7, 11) is -3.57. The van der Waals surface area contributed by atoms with Crippen LogP contribution in [0.2, 0.25) is 0 Å². The number of hydrogen-bond acceptors (Lipinski definition) is 4. The van der Waals surface area contributed by atoms with Gasteiger partial charge in [0.05, 0.1) is 17.1 Å². The summed E-state index contributed by atoms with van der Waals surface area (Å²) in [5.41, 5.74) is 2.21. The first-order valence-electron chi connectivity index (χ1n) is 7.90. The van der Waals surface area contributed by atoms with Crippen LogP contribution in [-0.4, -0.2) is 33.8 Å². The quantitative estimate of drug-likeness (QED) is 0.912. The van der Waals surface area contributed by atoms with Crippen LogP contribution in [0.15, 0.2) is 11.1 Å². The monoisotopic (exact) mass is 337 g/mol. The van der Waals surface area contributed by atoms with E-state index in [1.165, 1.54) is 0 Å². The van der Waals surface area contributed by atoms with Gasteiger partial charge in [-0.25, -0.2) is 18.1 Å². The molecular formula is C15H23N5O2S. The number of aryl methyl sites for hydroxylation is 4. The van der Waals surface area contributed by atoms with Gasteiger partial charge in [0.2, 0.25) is 10.0 Å². The summed E-state index contributed by atoms with van der Waals surface area (Å²) >= 11 is 0. The highest BCUT2D eigenvalue weighted by molar-refractivity contribution is 7.89. The minimum absolute atomic E-state index is 0.120. The number of sulfonamides is 1. The molecule has 7 nitrogen and oxygen atoms in total. The molecule has 3 heterocycles. The van der Waals surface area contributed by atoms with Crippen LogP contribution in [0.3, 0.4) is 0 Å². The number of nitrogens with one attached hydrogen (secondary N) is 1. The molecule has 23 heavy (non-hydrogen) atoms. The lowest BCUT2D eigenvalue weighted by atomic mass is 10.1.